The summed E-state index contributed by atoms with van der Waals surface area (Å²) >= 11 is 0. The van der Waals surface area contributed by atoms with Crippen LogP contribution >= 0.6 is 24.0 Å². The summed E-state index contributed by atoms with van der Waals surface area (Å²) in [5.74, 6) is 1.81. The quantitative estimate of drug-likeness (QED) is 0.288. The number of halogens is 1. The van der Waals surface area contributed by atoms with Crippen molar-refractivity contribution in [3.63, 3.8) is 0 Å². The molecule has 2 aromatic carbocycles. The van der Waals surface area contributed by atoms with Gasteiger partial charge in [0.15, 0.2) is 5.96 Å². The molecule has 1 fully saturated rings. The molecule has 1 aliphatic heterocycles. The van der Waals surface area contributed by atoms with E-state index in [2.05, 4.69) is 21.9 Å². The van der Waals surface area contributed by atoms with Gasteiger partial charge >= 0.3 is 0 Å². The van der Waals surface area contributed by atoms with Gasteiger partial charge < -0.3 is 15.0 Å². The molecule has 0 saturated carbocycles. The van der Waals surface area contributed by atoms with Crippen molar-refractivity contribution in [3.8, 4) is 5.75 Å². The molecular formula is C23H33IN4O3S. The molecule has 0 bridgehead atoms. The maximum atomic E-state index is 11.7. The molecule has 0 aromatic heterocycles. The molecule has 0 amide bonds. The molecule has 0 radical (unpaired) electrons. The van der Waals surface area contributed by atoms with Crippen molar-refractivity contribution >= 4 is 40.0 Å². The summed E-state index contributed by atoms with van der Waals surface area (Å²) in [7, 11) is -1.83. The van der Waals surface area contributed by atoms with Gasteiger partial charge in [0.2, 0.25) is 10.0 Å². The van der Waals surface area contributed by atoms with Crippen LogP contribution in [0.3, 0.4) is 0 Å². The van der Waals surface area contributed by atoms with E-state index in [9.17, 15) is 8.42 Å². The molecule has 9 heteroatoms. The highest BCUT2D eigenvalue weighted by molar-refractivity contribution is 14.0. The molecule has 1 aliphatic rings. The molecule has 1 heterocycles. The third kappa shape index (κ3) is 8.25. The first kappa shape index (κ1) is 26.4. The van der Waals surface area contributed by atoms with Crippen molar-refractivity contribution in [2.45, 2.75) is 38.2 Å². The number of benzene rings is 2. The predicted molar refractivity (Wildman–Crippen MR) is 140 cm³/mol. The van der Waals surface area contributed by atoms with Crippen LogP contribution in [-0.4, -0.2) is 52.1 Å². The first-order chi connectivity index (χ1) is 15.0. The lowest BCUT2D eigenvalue weighted by Crippen LogP contribution is -2.47. The van der Waals surface area contributed by atoms with Crippen LogP contribution in [-0.2, 0) is 22.3 Å². The van der Waals surface area contributed by atoms with Crippen LogP contribution in [0.2, 0.25) is 0 Å². The molecule has 0 atom stereocenters. The topological polar surface area (TPSA) is 83.0 Å². The van der Waals surface area contributed by atoms with E-state index in [0.717, 1.165) is 55.3 Å². The van der Waals surface area contributed by atoms with Crippen molar-refractivity contribution in [3.05, 3.63) is 65.7 Å². The number of aliphatic imine (C=N–C) groups is 1. The van der Waals surface area contributed by atoms with Gasteiger partial charge in [-0.25, -0.2) is 18.1 Å². The van der Waals surface area contributed by atoms with Crippen LogP contribution in [0, 0.1) is 0 Å². The van der Waals surface area contributed by atoms with Gasteiger partial charge in [0.1, 0.15) is 11.9 Å². The van der Waals surface area contributed by atoms with Crippen molar-refractivity contribution in [2.24, 2.45) is 4.99 Å². The average Bonchev–Trinajstić information content (AvgIpc) is 2.79. The number of nitrogens with one attached hydrogen (secondary N) is 2. The zero-order valence-corrected chi connectivity index (χ0v) is 21.8. The number of rotatable bonds is 8. The number of sulfonamides is 1. The number of likely N-dealkylation sites (tertiary alicyclic amines) is 1. The van der Waals surface area contributed by atoms with Crippen LogP contribution in [0.15, 0.2) is 59.6 Å². The fraction of sp³-hybridized carbons (Fsp3) is 0.435. The Morgan fingerprint density at radius 2 is 1.69 bits per heavy atom. The maximum absolute atomic E-state index is 11.7. The smallest absolute Gasteiger partial charge is 0.215 e. The summed E-state index contributed by atoms with van der Waals surface area (Å²) in [5, 5.41) is 3.38. The summed E-state index contributed by atoms with van der Waals surface area (Å²) in [4.78, 5) is 7.08. The van der Waals surface area contributed by atoms with Gasteiger partial charge in [0.25, 0.3) is 0 Å². The maximum Gasteiger partial charge on any atom is 0.215 e. The molecule has 32 heavy (non-hydrogen) atoms. The summed E-state index contributed by atoms with van der Waals surface area (Å²) in [5.41, 5.74) is 1.80. The standard InChI is InChI=1S/C23H32N4O3S.HI/c1-3-25-23(26-17-19-9-11-20(12-10-19)18-31(28,29)24-2)27-15-13-22(14-16-27)30-21-7-5-4-6-8-21;/h4-12,22,24H,3,13-18H2,1-2H3,(H,25,26);1H. The minimum atomic E-state index is -3.26. The molecule has 0 unspecified atom stereocenters. The average molecular weight is 573 g/mol. The molecule has 3 rings (SSSR count). The Labute approximate surface area is 208 Å². The predicted octanol–water partition coefficient (Wildman–Crippen LogP) is 3.36. The summed E-state index contributed by atoms with van der Waals surface area (Å²) in [6, 6.07) is 17.5. The highest BCUT2D eigenvalue weighted by atomic mass is 127. The van der Waals surface area contributed by atoms with Crippen LogP contribution in [0.1, 0.15) is 30.9 Å². The Balaban J connectivity index is 0.00000363. The Hall–Kier alpha value is -1.85. The number of piperidine rings is 1. The molecule has 1 saturated heterocycles. The Morgan fingerprint density at radius 3 is 2.28 bits per heavy atom. The van der Waals surface area contributed by atoms with Crippen LogP contribution in [0.4, 0.5) is 0 Å². The van der Waals surface area contributed by atoms with E-state index < -0.39 is 10.0 Å². The van der Waals surface area contributed by atoms with Gasteiger partial charge in [-0.15, -0.1) is 24.0 Å². The lowest BCUT2D eigenvalue weighted by atomic mass is 10.1. The molecule has 176 valence electrons. The number of nitrogens with zero attached hydrogens (tertiary/aromatic N) is 2. The highest BCUT2D eigenvalue weighted by Gasteiger charge is 2.22. The van der Waals surface area contributed by atoms with E-state index in [1.165, 1.54) is 7.05 Å². The van der Waals surface area contributed by atoms with Crippen LogP contribution in [0.25, 0.3) is 0 Å². The highest BCUT2D eigenvalue weighted by Crippen LogP contribution is 2.19. The van der Waals surface area contributed by atoms with E-state index in [0.29, 0.717) is 6.54 Å². The normalized spacial score (nSPS) is 15.2. The molecule has 2 aromatic rings. The molecular weight excluding hydrogens is 539 g/mol. The minimum absolute atomic E-state index is 0. The van der Waals surface area contributed by atoms with Crippen molar-refractivity contribution in [2.75, 3.05) is 26.7 Å². The lowest BCUT2D eigenvalue weighted by molar-refractivity contribution is 0.129. The van der Waals surface area contributed by atoms with E-state index >= 15 is 0 Å². The summed E-state index contributed by atoms with van der Waals surface area (Å²) in [6.07, 6.45) is 2.13. The minimum Gasteiger partial charge on any atom is -0.490 e. The first-order valence-corrected chi connectivity index (χ1v) is 12.4. The molecule has 0 aliphatic carbocycles. The third-order valence-electron chi connectivity index (χ3n) is 5.22. The molecule has 2 N–H and O–H groups in total. The van der Waals surface area contributed by atoms with E-state index in [1.54, 1.807) is 0 Å². The fourth-order valence-electron chi connectivity index (χ4n) is 3.50. The second kappa shape index (κ2) is 13.0. The summed E-state index contributed by atoms with van der Waals surface area (Å²) in [6.45, 7) is 5.20. The zero-order valence-electron chi connectivity index (χ0n) is 18.7. The van der Waals surface area contributed by atoms with Gasteiger partial charge in [-0.3, -0.25) is 0 Å². The van der Waals surface area contributed by atoms with Crippen molar-refractivity contribution in [1.29, 1.82) is 0 Å². The SMILES string of the molecule is CCNC(=NCc1ccc(CS(=O)(=O)NC)cc1)N1CCC(Oc2ccccc2)CC1.I. The molecule has 7 nitrogen and oxygen atoms in total. The second-order valence-corrected chi connectivity index (χ2v) is 9.49. The van der Waals surface area contributed by atoms with E-state index in [1.807, 2.05) is 54.6 Å². The van der Waals surface area contributed by atoms with Crippen LogP contribution < -0.4 is 14.8 Å². The first-order valence-electron chi connectivity index (χ1n) is 10.7. The molecule has 0 spiro atoms. The number of para-hydroxylation sites is 1. The van der Waals surface area contributed by atoms with Gasteiger partial charge in [-0.2, -0.15) is 0 Å². The van der Waals surface area contributed by atoms with Gasteiger partial charge in [0, 0.05) is 32.5 Å². The van der Waals surface area contributed by atoms with Gasteiger partial charge in [-0.1, -0.05) is 42.5 Å². The third-order valence-corrected chi connectivity index (χ3v) is 6.56. The van der Waals surface area contributed by atoms with Gasteiger partial charge in [0.05, 0.1) is 12.3 Å². The second-order valence-electron chi connectivity index (χ2n) is 7.57. The number of ether oxygens (including phenoxy) is 1. The van der Waals surface area contributed by atoms with Crippen molar-refractivity contribution < 1.29 is 13.2 Å². The monoisotopic (exact) mass is 572 g/mol. The van der Waals surface area contributed by atoms with Gasteiger partial charge in [-0.05, 0) is 37.2 Å². The number of hydrogen-bond acceptors (Lipinski definition) is 4. The summed E-state index contributed by atoms with van der Waals surface area (Å²) < 4.78 is 31.8. The Morgan fingerprint density at radius 1 is 1.06 bits per heavy atom. The Bertz CT molecular complexity index is 945. The van der Waals surface area contributed by atoms with E-state index in [4.69, 9.17) is 9.73 Å². The van der Waals surface area contributed by atoms with Crippen molar-refractivity contribution in [1.82, 2.24) is 14.9 Å². The number of hydrogen-bond donors (Lipinski definition) is 2. The Kier molecular flexibility index (Phi) is 10.7. The largest absolute Gasteiger partial charge is 0.490 e. The van der Waals surface area contributed by atoms with Crippen LogP contribution in [0.5, 0.6) is 5.75 Å². The zero-order chi connectivity index (χ0) is 22.1. The lowest BCUT2D eigenvalue weighted by Gasteiger charge is -2.34. The fourth-order valence-corrected chi connectivity index (χ4v) is 4.28. The van der Waals surface area contributed by atoms with E-state index in [-0.39, 0.29) is 35.8 Å². The number of guanidine groups is 1.